The molecule has 1 N–H and O–H groups in total. The Morgan fingerprint density at radius 1 is 0.931 bits per heavy atom. The summed E-state index contributed by atoms with van der Waals surface area (Å²) in [5, 5.41) is 3.60. The van der Waals surface area contributed by atoms with E-state index in [0.29, 0.717) is 0 Å². The van der Waals surface area contributed by atoms with E-state index < -0.39 is 0 Å². The third kappa shape index (κ3) is 6.09. The van der Waals surface area contributed by atoms with E-state index in [2.05, 4.69) is 108 Å². The number of rotatable bonds is 8. The summed E-state index contributed by atoms with van der Waals surface area (Å²) in [4.78, 5) is 0. The van der Waals surface area contributed by atoms with Crippen molar-refractivity contribution in [3.8, 4) is 0 Å². The van der Waals surface area contributed by atoms with E-state index in [9.17, 15) is 0 Å². The summed E-state index contributed by atoms with van der Waals surface area (Å²) in [6.45, 7) is 17.8. The second-order valence-corrected chi connectivity index (χ2v) is 7.72. The summed E-state index contributed by atoms with van der Waals surface area (Å²) in [7, 11) is 0. The molecule has 0 aliphatic heterocycles. The molecular formula is C28H35N. The predicted molar refractivity (Wildman–Crippen MR) is 129 cm³/mol. The molecule has 0 fully saturated rings. The third-order valence-corrected chi connectivity index (χ3v) is 5.63. The molecule has 0 aliphatic carbocycles. The molecule has 1 nitrogen and oxygen atoms in total. The maximum Gasteiger partial charge on any atom is 0.0397 e. The van der Waals surface area contributed by atoms with Gasteiger partial charge in [-0.25, -0.2) is 0 Å². The quantitative estimate of drug-likeness (QED) is 0.463. The van der Waals surface area contributed by atoms with Crippen molar-refractivity contribution in [3.05, 3.63) is 112 Å². The van der Waals surface area contributed by atoms with E-state index in [1.54, 1.807) is 0 Å². The first-order valence-corrected chi connectivity index (χ1v) is 10.4. The van der Waals surface area contributed by atoms with Crippen molar-refractivity contribution in [1.29, 1.82) is 0 Å². The van der Waals surface area contributed by atoms with Gasteiger partial charge in [-0.05, 0) is 91.7 Å². The Hall–Kier alpha value is -2.80. The lowest BCUT2D eigenvalue weighted by Crippen LogP contribution is -2.11. The zero-order valence-electron chi connectivity index (χ0n) is 18.9. The minimum Gasteiger partial charge on any atom is -0.384 e. The van der Waals surface area contributed by atoms with Gasteiger partial charge in [0.2, 0.25) is 0 Å². The lowest BCUT2D eigenvalue weighted by molar-refractivity contribution is 0.810. The van der Waals surface area contributed by atoms with Crippen molar-refractivity contribution in [3.63, 3.8) is 0 Å². The van der Waals surface area contributed by atoms with Crippen LogP contribution in [0.15, 0.2) is 89.7 Å². The second kappa shape index (κ2) is 10.7. The van der Waals surface area contributed by atoms with Crippen LogP contribution >= 0.6 is 0 Å². The molecule has 0 amide bonds. The summed E-state index contributed by atoms with van der Waals surface area (Å²) >= 11 is 0. The molecule has 152 valence electrons. The summed E-state index contributed by atoms with van der Waals surface area (Å²) in [6, 6.07) is 17.4. The van der Waals surface area contributed by atoms with Gasteiger partial charge in [-0.15, -0.1) is 0 Å². The van der Waals surface area contributed by atoms with Crippen molar-refractivity contribution in [1.82, 2.24) is 5.32 Å². The largest absolute Gasteiger partial charge is 0.384 e. The van der Waals surface area contributed by atoms with Crippen molar-refractivity contribution in [2.24, 2.45) is 0 Å². The van der Waals surface area contributed by atoms with Crippen molar-refractivity contribution < 1.29 is 0 Å². The summed E-state index contributed by atoms with van der Waals surface area (Å²) in [5.41, 5.74) is 11.4. The van der Waals surface area contributed by atoms with Crippen LogP contribution in [0.3, 0.4) is 0 Å². The molecule has 0 aliphatic rings. The van der Waals surface area contributed by atoms with Gasteiger partial charge in [-0.2, -0.15) is 0 Å². The first kappa shape index (κ1) is 22.5. The van der Waals surface area contributed by atoms with Gasteiger partial charge in [0, 0.05) is 12.2 Å². The standard InChI is InChI=1S/C28H35N/c1-8-20(3)23(6)24(7)28(27-16-11-10-13-21(27)4)17-22(5)29-19-26-15-12-14-25(9-2)18-26/h8,10-18,29H,1,9,19H2,2-7H3/b22-17+,23-20+,28-24+. The minimum absolute atomic E-state index is 0.830. The van der Waals surface area contributed by atoms with Crippen LogP contribution in [-0.4, -0.2) is 0 Å². The van der Waals surface area contributed by atoms with Gasteiger partial charge in [-0.3, -0.25) is 0 Å². The van der Waals surface area contributed by atoms with Crippen molar-refractivity contribution in [2.75, 3.05) is 0 Å². The highest BCUT2D eigenvalue weighted by Gasteiger charge is 2.10. The summed E-state index contributed by atoms with van der Waals surface area (Å²) in [5.74, 6) is 0. The molecule has 2 rings (SSSR count). The van der Waals surface area contributed by atoms with E-state index >= 15 is 0 Å². The molecule has 2 aromatic rings. The van der Waals surface area contributed by atoms with E-state index in [0.717, 1.165) is 18.7 Å². The number of hydrogen-bond donors (Lipinski definition) is 1. The van der Waals surface area contributed by atoms with Crippen LogP contribution in [0.25, 0.3) is 5.57 Å². The molecule has 0 heterocycles. The fraction of sp³-hybridized carbons (Fsp3) is 0.286. The van der Waals surface area contributed by atoms with Crippen LogP contribution in [0.4, 0.5) is 0 Å². The van der Waals surface area contributed by atoms with E-state index in [4.69, 9.17) is 0 Å². The Balaban J connectivity index is 2.41. The monoisotopic (exact) mass is 385 g/mol. The maximum atomic E-state index is 3.94. The molecule has 0 radical (unpaired) electrons. The molecule has 0 saturated carbocycles. The molecule has 0 saturated heterocycles. The second-order valence-electron chi connectivity index (χ2n) is 7.72. The van der Waals surface area contributed by atoms with Crippen LogP contribution in [0.1, 0.15) is 56.9 Å². The molecular weight excluding hydrogens is 350 g/mol. The number of benzene rings is 2. The lowest BCUT2D eigenvalue weighted by Gasteiger charge is -2.16. The first-order valence-electron chi connectivity index (χ1n) is 10.4. The van der Waals surface area contributed by atoms with Crippen LogP contribution in [0, 0.1) is 6.92 Å². The molecule has 0 bridgehead atoms. The number of aryl methyl sites for hydroxylation is 2. The topological polar surface area (TPSA) is 12.0 Å². The molecule has 0 aromatic heterocycles. The highest BCUT2D eigenvalue weighted by molar-refractivity contribution is 5.81. The van der Waals surface area contributed by atoms with Crippen LogP contribution in [0.5, 0.6) is 0 Å². The Morgan fingerprint density at radius 3 is 2.28 bits per heavy atom. The normalized spacial score (nSPS) is 13.5. The maximum absolute atomic E-state index is 3.94. The highest BCUT2D eigenvalue weighted by Crippen LogP contribution is 2.29. The SMILES string of the molecule is C=C/C(C)=C(C)/C(C)=C(\C=C(/C)NCc1cccc(CC)c1)c1ccccc1C. The lowest BCUT2D eigenvalue weighted by atomic mass is 9.91. The van der Waals surface area contributed by atoms with E-state index in [1.807, 2.05) is 6.08 Å². The fourth-order valence-electron chi connectivity index (χ4n) is 3.38. The predicted octanol–water partition coefficient (Wildman–Crippen LogP) is 7.55. The Labute approximate surface area is 177 Å². The van der Waals surface area contributed by atoms with Gasteiger partial charge in [0.15, 0.2) is 0 Å². The zero-order chi connectivity index (χ0) is 21.4. The van der Waals surface area contributed by atoms with Gasteiger partial charge in [0.1, 0.15) is 0 Å². The Morgan fingerprint density at radius 2 is 1.62 bits per heavy atom. The summed E-state index contributed by atoms with van der Waals surface area (Å²) < 4.78 is 0. The summed E-state index contributed by atoms with van der Waals surface area (Å²) in [6.07, 6.45) is 5.28. The molecule has 2 aromatic carbocycles. The Bertz CT molecular complexity index is 954. The number of allylic oxidation sites excluding steroid dienone is 7. The molecule has 0 spiro atoms. The zero-order valence-corrected chi connectivity index (χ0v) is 18.9. The van der Waals surface area contributed by atoms with Gasteiger partial charge >= 0.3 is 0 Å². The van der Waals surface area contributed by atoms with Crippen LogP contribution in [0.2, 0.25) is 0 Å². The van der Waals surface area contributed by atoms with Crippen molar-refractivity contribution in [2.45, 2.75) is 54.5 Å². The van der Waals surface area contributed by atoms with Crippen molar-refractivity contribution >= 4 is 5.57 Å². The smallest absolute Gasteiger partial charge is 0.0397 e. The van der Waals surface area contributed by atoms with Crippen LogP contribution in [-0.2, 0) is 13.0 Å². The Kier molecular flexibility index (Phi) is 8.27. The number of hydrogen-bond acceptors (Lipinski definition) is 1. The minimum atomic E-state index is 0.830. The van der Waals surface area contributed by atoms with Gasteiger partial charge < -0.3 is 5.32 Å². The number of nitrogens with one attached hydrogen (secondary N) is 1. The molecule has 0 unspecified atom stereocenters. The average Bonchev–Trinajstić information content (AvgIpc) is 2.75. The molecule has 1 heteroatoms. The highest BCUT2D eigenvalue weighted by atomic mass is 14.9. The molecule has 29 heavy (non-hydrogen) atoms. The molecule has 0 atom stereocenters. The fourth-order valence-corrected chi connectivity index (χ4v) is 3.38. The average molecular weight is 386 g/mol. The van der Waals surface area contributed by atoms with E-state index in [1.165, 1.54) is 44.5 Å². The third-order valence-electron chi connectivity index (χ3n) is 5.63. The van der Waals surface area contributed by atoms with E-state index in [-0.39, 0.29) is 0 Å². The van der Waals surface area contributed by atoms with Gasteiger partial charge in [-0.1, -0.05) is 68.1 Å². The van der Waals surface area contributed by atoms with Crippen LogP contribution < -0.4 is 5.32 Å². The van der Waals surface area contributed by atoms with Gasteiger partial charge in [0.25, 0.3) is 0 Å². The van der Waals surface area contributed by atoms with Gasteiger partial charge in [0.05, 0.1) is 0 Å². The first-order chi connectivity index (χ1) is 13.9.